The minimum atomic E-state index is -0.218. The van der Waals surface area contributed by atoms with Gasteiger partial charge in [-0.15, -0.1) is 0 Å². The van der Waals surface area contributed by atoms with Crippen LogP contribution < -0.4 is 10.1 Å². The third-order valence-electron chi connectivity index (χ3n) is 4.09. The van der Waals surface area contributed by atoms with Gasteiger partial charge in [0.25, 0.3) is 5.91 Å². The smallest absolute Gasteiger partial charge is 0.270 e. The summed E-state index contributed by atoms with van der Waals surface area (Å²) in [6, 6.07) is 13.1. The van der Waals surface area contributed by atoms with E-state index in [0.717, 1.165) is 28.3 Å². The number of hydrogen-bond donors (Lipinski definition) is 2. The number of para-hydroxylation sites is 1. The molecule has 1 amide bonds. The summed E-state index contributed by atoms with van der Waals surface area (Å²) in [7, 11) is 0. The number of carbonyl (C=O) groups excluding carboxylic acids is 1. The van der Waals surface area contributed by atoms with Gasteiger partial charge in [0, 0.05) is 17.3 Å². The number of carbonyl (C=O) groups is 1. The van der Waals surface area contributed by atoms with E-state index in [1.807, 2.05) is 49.4 Å². The Kier molecular flexibility index (Phi) is 3.49. The van der Waals surface area contributed by atoms with Gasteiger partial charge in [-0.2, -0.15) is 5.10 Å². The van der Waals surface area contributed by atoms with Gasteiger partial charge in [-0.3, -0.25) is 14.9 Å². The molecule has 120 valence electrons. The lowest BCUT2D eigenvalue weighted by Crippen LogP contribution is -2.28. The quantitative estimate of drug-likeness (QED) is 0.777. The van der Waals surface area contributed by atoms with Crippen molar-refractivity contribution in [1.82, 2.24) is 20.5 Å². The second-order valence-corrected chi connectivity index (χ2v) is 5.66. The molecular weight excluding hydrogens is 304 g/mol. The highest BCUT2D eigenvalue weighted by Crippen LogP contribution is 2.36. The van der Waals surface area contributed by atoms with Gasteiger partial charge in [0.15, 0.2) is 0 Å². The van der Waals surface area contributed by atoms with Crippen LogP contribution in [0.4, 0.5) is 0 Å². The van der Waals surface area contributed by atoms with Gasteiger partial charge >= 0.3 is 0 Å². The summed E-state index contributed by atoms with van der Waals surface area (Å²) in [5.74, 6) is 0.565. The van der Waals surface area contributed by atoms with Crippen molar-refractivity contribution in [2.75, 3.05) is 0 Å². The Morgan fingerprint density at radius 2 is 2.08 bits per heavy atom. The molecule has 0 saturated heterocycles. The molecule has 6 nitrogen and oxygen atoms in total. The molecular formula is C18H16N4O2. The number of nitrogens with zero attached hydrogens (tertiary/aromatic N) is 2. The zero-order valence-electron chi connectivity index (χ0n) is 13.1. The largest absolute Gasteiger partial charge is 0.488 e. The van der Waals surface area contributed by atoms with E-state index in [1.54, 1.807) is 6.20 Å². The van der Waals surface area contributed by atoms with Crippen LogP contribution in [0.15, 0.2) is 48.7 Å². The van der Waals surface area contributed by atoms with Gasteiger partial charge in [-0.1, -0.05) is 18.2 Å². The van der Waals surface area contributed by atoms with E-state index in [-0.39, 0.29) is 11.9 Å². The van der Waals surface area contributed by atoms with Crippen molar-refractivity contribution in [3.05, 3.63) is 65.6 Å². The van der Waals surface area contributed by atoms with E-state index >= 15 is 0 Å². The van der Waals surface area contributed by atoms with Crippen LogP contribution in [0, 0.1) is 0 Å². The van der Waals surface area contributed by atoms with E-state index < -0.39 is 0 Å². The number of ether oxygens (including phenoxy) is 1. The Labute approximate surface area is 138 Å². The van der Waals surface area contributed by atoms with Crippen LogP contribution in [0.2, 0.25) is 0 Å². The first kappa shape index (κ1) is 14.4. The molecule has 0 bridgehead atoms. The van der Waals surface area contributed by atoms with Crippen molar-refractivity contribution in [2.45, 2.75) is 19.6 Å². The molecule has 24 heavy (non-hydrogen) atoms. The van der Waals surface area contributed by atoms with Crippen LogP contribution in [0.3, 0.4) is 0 Å². The van der Waals surface area contributed by atoms with Crippen LogP contribution in [-0.2, 0) is 6.61 Å². The number of rotatable bonds is 3. The van der Waals surface area contributed by atoms with Crippen molar-refractivity contribution in [3.63, 3.8) is 0 Å². The van der Waals surface area contributed by atoms with E-state index in [2.05, 4.69) is 20.5 Å². The molecule has 0 spiro atoms. The molecule has 3 heterocycles. The number of H-pyrrole nitrogens is 1. The molecule has 3 aromatic rings. The first-order valence-corrected chi connectivity index (χ1v) is 7.75. The molecule has 1 aromatic carbocycles. The fraction of sp³-hybridized carbons (Fsp3) is 0.167. The summed E-state index contributed by atoms with van der Waals surface area (Å²) in [5.41, 5.74) is 3.68. The van der Waals surface area contributed by atoms with Gasteiger partial charge in [0.1, 0.15) is 23.7 Å². The molecule has 4 rings (SSSR count). The summed E-state index contributed by atoms with van der Waals surface area (Å²) in [5, 5.41) is 10.1. The van der Waals surface area contributed by atoms with E-state index in [0.29, 0.717) is 12.3 Å². The molecule has 6 heteroatoms. The highest BCUT2D eigenvalue weighted by atomic mass is 16.5. The lowest BCUT2D eigenvalue weighted by Gasteiger charge is -2.18. The molecule has 2 aromatic heterocycles. The second kappa shape index (κ2) is 5.81. The molecule has 1 aliphatic rings. The first-order chi connectivity index (χ1) is 11.7. The average molecular weight is 320 g/mol. The van der Waals surface area contributed by atoms with Crippen molar-refractivity contribution >= 4 is 5.91 Å². The Bertz CT molecular complexity index is 889. The standard InChI is InChI=1S/C18H16N4O2/c1-11(14-7-4-5-9-19-14)20-18(23)17-13-10-24-15-8-3-2-6-12(15)16(13)21-22-17/h2-9,11H,10H2,1H3,(H,20,23)(H,21,22)/t11-/m1/s1. The Balaban J connectivity index is 1.60. The predicted molar refractivity (Wildman–Crippen MR) is 88.5 cm³/mol. The topological polar surface area (TPSA) is 79.9 Å². The number of aromatic amines is 1. The Hall–Kier alpha value is -3.15. The lowest BCUT2D eigenvalue weighted by atomic mass is 10.0. The average Bonchev–Trinajstić information content (AvgIpc) is 3.07. The zero-order valence-corrected chi connectivity index (χ0v) is 13.1. The van der Waals surface area contributed by atoms with Gasteiger partial charge in [0.05, 0.1) is 11.7 Å². The van der Waals surface area contributed by atoms with Crippen LogP contribution >= 0.6 is 0 Å². The Morgan fingerprint density at radius 3 is 2.92 bits per heavy atom. The maximum Gasteiger partial charge on any atom is 0.270 e. The van der Waals surface area contributed by atoms with E-state index in [1.165, 1.54) is 0 Å². The summed E-state index contributed by atoms with van der Waals surface area (Å²) in [6.45, 7) is 2.22. The highest BCUT2D eigenvalue weighted by molar-refractivity contribution is 5.96. The maximum absolute atomic E-state index is 12.6. The third-order valence-corrected chi connectivity index (χ3v) is 4.09. The van der Waals surface area contributed by atoms with Crippen molar-refractivity contribution < 1.29 is 9.53 Å². The fourth-order valence-electron chi connectivity index (χ4n) is 2.83. The van der Waals surface area contributed by atoms with Gasteiger partial charge in [0.2, 0.25) is 0 Å². The summed E-state index contributed by atoms with van der Waals surface area (Å²) < 4.78 is 5.74. The van der Waals surface area contributed by atoms with Crippen LogP contribution in [0.5, 0.6) is 5.75 Å². The van der Waals surface area contributed by atoms with Gasteiger partial charge in [-0.25, -0.2) is 0 Å². The van der Waals surface area contributed by atoms with Gasteiger partial charge < -0.3 is 10.1 Å². The molecule has 0 radical (unpaired) electrons. The third kappa shape index (κ3) is 2.42. The van der Waals surface area contributed by atoms with Crippen molar-refractivity contribution in [3.8, 4) is 17.0 Å². The SMILES string of the molecule is C[C@@H](NC(=O)c1[nH]nc2c1COc1ccccc1-2)c1ccccn1. The zero-order chi connectivity index (χ0) is 16.5. The van der Waals surface area contributed by atoms with Crippen LogP contribution in [0.1, 0.15) is 34.7 Å². The molecule has 0 aliphatic carbocycles. The van der Waals surface area contributed by atoms with Crippen molar-refractivity contribution in [2.24, 2.45) is 0 Å². The number of pyridine rings is 1. The summed E-state index contributed by atoms with van der Waals surface area (Å²) >= 11 is 0. The second-order valence-electron chi connectivity index (χ2n) is 5.66. The Morgan fingerprint density at radius 1 is 1.25 bits per heavy atom. The normalized spacial score (nSPS) is 13.4. The number of nitrogens with one attached hydrogen (secondary N) is 2. The minimum absolute atomic E-state index is 0.200. The first-order valence-electron chi connectivity index (χ1n) is 7.75. The fourth-order valence-corrected chi connectivity index (χ4v) is 2.83. The van der Waals surface area contributed by atoms with Crippen molar-refractivity contribution in [1.29, 1.82) is 0 Å². The maximum atomic E-state index is 12.6. The van der Waals surface area contributed by atoms with E-state index in [9.17, 15) is 4.79 Å². The summed E-state index contributed by atoms with van der Waals surface area (Å²) in [6.07, 6.45) is 1.71. The number of aromatic nitrogens is 3. The number of fused-ring (bicyclic) bond motifs is 3. The van der Waals surface area contributed by atoms with Gasteiger partial charge in [-0.05, 0) is 31.2 Å². The predicted octanol–water partition coefficient (Wildman–Crippen LogP) is 2.86. The molecule has 1 atom stereocenters. The number of hydrogen-bond acceptors (Lipinski definition) is 4. The molecule has 2 N–H and O–H groups in total. The van der Waals surface area contributed by atoms with Crippen LogP contribution in [0.25, 0.3) is 11.3 Å². The minimum Gasteiger partial charge on any atom is -0.488 e. The van der Waals surface area contributed by atoms with E-state index in [4.69, 9.17) is 4.74 Å². The molecule has 0 saturated carbocycles. The summed E-state index contributed by atoms with van der Waals surface area (Å²) in [4.78, 5) is 16.9. The monoisotopic (exact) mass is 320 g/mol. The molecule has 0 unspecified atom stereocenters. The molecule has 1 aliphatic heterocycles. The van der Waals surface area contributed by atoms with Crippen LogP contribution in [-0.4, -0.2) is 21.1 Å². The number of amides is 1. The molecule has 0 fully saturated rings. The highest BCUT2D eigenvalue weighted by Gasteiger charge is 2.26. The number of benzene rings is 1. The lowest BCUT2D eigenvalue weighted by molar-refractivity contribution is 0.0931.